The predicted octanol–water partition coefficient (Wildman–Crippen LogP) is 2.23. The number of hydrogen-bond acceptors (Lipinski definition) is 3. The van der Waals surface area contributed by atoms with Crippen LogP contribution in [0, 0.1) is 0 Å². The monoisotopic (exact) mass is 257 g/mol. The molecule has 0 saturated heterocycles. The Morgan fingerprint density at radius 1 is 0.947 bits per heavy atom. The average molecular weight is 257 g/mol. The molecule has 2 aromatic carbocycles. The minimum atomic E-state index is -0.147. The summed E-state index contributed by atoms with van der Waals surface area (Å²) in [4.78, 5) is 0. The fourth-order valence-corrected chi connectivity index (χ4v) is 2.10. The standard InChI is InChI=1S/C16H19NO2/c17-16(7-8-18)15-6-2-5-14(10-15)13-4-1-3-12(9-13)11-19/h1-6,9-10,16,18-19H,7-8,11,17H2. The maximum atomic E-state index is 9.17. The Hall–Kier alpha value is -1.68. The molecule has 0 aliphatic rings. The summed E-state index contributed by atoms with van der Waals surface area (Å²) in [7, 11) is 0. The Morgan fingerprint density at radius 2 is 1.63 bits per heavy atom. The minimum absolute atomic E-state index is 0.0392. The Kier molecular flexibility index (Phi) is 4.68. The van der Waals surface area contributed by atoms with E-state index in [1.54, 1.807) is 0 Å². The maximum Gasteiger partial charge on any atom is 0.0682 e. The zero-order chi connectivity index (χ0) is 13.7. The second kappa shape index (κ2) is 6.48. The highest BCUT2D eigenvalue weighted by atomic mass is 16.3. The molecule has 1 unspecified atom stereocenters. The molecule has 2 aromatic rings. The average Bonchev–Trinajstić information content (AvgIpc) is 2.48. The van der Waals surface area contributed by atoms with Crippen molar-refractivity contribution in [3.8, 4) is 11.1 Å². The van der Waals surface area contributed by atoms with Gasteiger partial charge < -0.3 is 15.9 Å². The molecule has 0 radical (unpaired) electrons. The van der Waals surface area contributed by atoms with Gasteiger partial charge in [0.2, 0.25) is 0 Å². The minimum Gasteiger partial charge on any atom is -0.396 e. The predicted molar refractivity (Wildman–Crippen MR) is 76.4 cm³/mol. The molecule has 0 aliphatic carbocycles. The molecule has 0 saturated carbocycles. The van der Waals surface area contributed by atoms with Crippen LogP contribution in [0.3, 0.4) is 0 Å². The van der Waals surface area contributed by atoms with E-state index in [1.165, 1.54) is 0 Å². The van der Waals surface area contributed by atoms with E-state index in [1.807, 2.05) is 48.5 Å². The van der Waals surface area contributed by atoms with Gasteiger partial charge in [-0.1, -0.05) is 36.4 Å². The molecule has 4 N–H and O–H groups in total. The van der Waals surface area contributed by atoms with Crippen molar-refractivity contribution in [3.63, 3.8) is 0 Å². The van der Waals surface area contributed by atoms with Crippen molar-refractivity contribution in [2.75, 3.05) is 6.61 Å². The molecule has 0 aromatic heterocycles. The largest absolute Gasteiger partial charge is 0.396 e. The first-order valence-corrected chi connectivity index (χ1v) is 6.41. The van der Waals surface area contributed by atoms with Gasteiger partial charge in [-0.3, -0.25) is 0 Å². The van der Waals surface area contributed by atoms with Crippen molar-refractivity contribution >= 4 is 0 Å². The third kappa shape index (κ3) is 3.41. The lowest BCUT2D eigenvalue weighted by molar-refractivity contribution is 0.276. The Labute approximate surface area is 113 Å². The summed E-state index contributed by atoms with van der Waals surface area (Å²) < 4.78 is 0. The van der Waals surface area contributed by atoms with E-state index < -0.39 is 0 Å². The van der Waals surface area contributed by atoms with Gasteiger partial charge in [-0.2, -0.15) is 0 Å². The van der Waals surface area contributed by atoms with Crippen LogP contribution < -0.4 is 5.73 Å². The van der Waals surface area contributed by atoms with E-state index >= 15 is 0 Å². The molecule has 19 heavy (non-hydrogen) atoms. The van der Waals surface area contributed by atoms with Crippen LogP contribution >= 0.6 is 0 Å². The topological polar surface area (TPSA) is 66.5 Å². The highest BCUT2D eigenvalue weighted by molar-refractivity contribution is 5.65. The van der Waals surface area contributed by atoms with Gasteiger partial charge in [-0.15, -0.1) is 0 Å². The van der Waals surface area contributed by atoms with E-state index in [2.05, 4.69) is 0 Å². The van der Waals surface area contributed by atoms with Gasteiger partial charge in [0.15, 0.2) is 0 Å². The normalized spacial score (nSPS) is 12.4. The Morgan fingerprint density at radius 3 is 2.32 bits per heavy atom. The molecule has 0 fully saturated rings. The van der Waals surface area contributed by atoms with Gasteiger partial charge in [0.25, 0.3) is 0 Å². The number of nitrogens with two attached hydrogens (primary N) is 1. The van der Waals surface area contributed by atoms with Crippen LogP contribution in [0.1, 0.15) is 23.6 Å². The van der Waals surface area contributed by atoms with Gasteiger partial charge in [0, 0.05) is 12.6 Å². The smallest absolute Gasteiger partial charge is 0.0682 e. The highest BCUT2D eigenvalue weighted by Crippen LogP contribution is 2.24. The summed E-state index contributed by atoms with van der Waals surface area (Å²) in [6.07, 6.45) is 0.556. The van der Waals surface area contributed by atoms with Crippen LogP contribution in [0.2, 0.25) is 0 Å². The van der Waals surface area contributed by atoms with Crippen LogP contribution in [0.4, 0.5) is 0 Å². The first-order chi connectivity index (χ1) is 9.24. The van der Waals surface area contributed by atoms with Crippen LogP contribution in [0.5, 0.6) is 0 Å². The Bertz CT molecular complexity index is 540. The first-order valence-electron chi connectivity index (χ1n) is 6.41. The van der Waals surface area contributed by atoms with Crippen LogP contribution in [0.15, 0.2) is 48.5 Å². The van der Waals surface area contributed by atoms with Gasteiger partial charge in [0.1, 0.15) is 0 Å². The molecule has 0 heterocycles. The van der Waals surface area contributed by atoms with Crippen molar-refractivity contribution in [1.29, 1.82) is 0 Å². The zero-order valence-corrected chi connectivity index (χ0v) is 10.8. The third-order valence-electron chi connectivity index (χ3n) is 3.20. The maximum absolute atomic E-state index is 9.17. The fourth-order valence-electron chi connectivity index (χ4n) is 2.10. The number of hydrogen-bond donors (Lipinski definition) is 3. The zero-order valence-electron chi connectivity index (χ0n) is 10.8. The van der Waals surface area contributed by atoms with Crippen LogP contribution in [0.25, 0.3) is 11.1 Å². The van der Waals surface area contributed by atoms with Gasteiger partial charge in [-0.05, 0) is 40.8 Å². The molecule has 0 spiro atoms. The lowest BCUT2D eigenvalue weighted by Crippen LogP contribution is -2.11. The molecule has 0 aliphatic heterocycles. The second-order valence-electron chi connectivity index (χ2n) is 4.60. The van der Waals surface area contributed by atoms with Gasteiger partial charge in [0.05, 0.1) is 6.61 Å². The molecule has 3 heteroatoms. The van der Waals surface area contributed by atoms with Crippen molar-refractivity contribution in [2.24, 2.45) is 5.73 Å². The van der Waals surface area contributed by atoms with E-state index in [4.69, 9.17) is 10.8 Å². The third-order valence-corrected chi connectivity index (χ3v) is 3.20. The van der Waals surface area contributed by atoms with E-state index in [9.17, 15) is 5.11 Å². The van der Waals surface area contributed by atoms with Gasteiger partial charge >= 0.3 is 0 Å². The molecule has 2 rings (SSSR count). The molecule has 0 bridgehead atoms. The van der Waals surface area contributed by atoms with Crippen LogP contribution in [-0.4, -0.2) is 16.8 Å². The summed E-state index contributed by atoms with van der Waals surface area (Å²) in [5.74, 6) is 0. The molecule has 0 amide bonds. The van der Waals surface area contributed by atoms with E-state index in [0.29, 0.717) is 6.42 Å². The summed E-state index contributed by atoms with van der Waals surface area (Å²) >= 11 is 0. The quantitative estimate of drug-likeness (QED) is 0.769. The summed E-state index contributed by atoms with van der Waals surface area (Å²) in [6.45, 7) is 0.128. The molecular formula is C16H19NO2. The molecular weight excluding hydrogens is 238 g/mol. The summed E-state index contributed by atoms with van der Waals surface area (Å²) in [5, 5.41) is 18.1. The molecule has 100 valence electrons. The van der Waals surface area contributed by atoms with Crippen molar-refractivity contribution in [3.05, 3.63) is 59.7 Å². The van der Waals surface area contributed by atoms with Gasteiger partial charge in [-0.25, -0.2) is 0 Å². The number of benzene rings is 2. The van der Waals surface area contributed by atoms with Crippen molar-refractivity contribution in [1.82, 2.24) is 0 Å². The summed E-state index contributed by atoms with van der Waals surface area (Å²) in [5.41, 5.74) is 10.0. The number of rotatable bonds is 5. The number of aliphatic hydroxyl groups excluding tert-OH is 2. The SMILES string of the molecule is NC(CCO)c1cccc(-c2cccc(CO)c2)c1. The highest BCUT2D eigenvalue weighted by Gasteiger charge is 2.07. The van der Waals surface area contributed by atoms with Crippen molar-refractivity contribution in [2.45, 2.75) is 19.1 Å². The van der Waals surface area contributed by atoms with Crippen LogP contribution in [-0.2, 0) is 6.61 Å². The molecule has 1 atom stereocenters. The lowest BCUT2D eigenvalue weighted by Gasteiger charge is -2.12. The summed E-state index contributed by atoms with van der Waals surface area (Å²) in [6, 6.07) is 15.7. The van der Waals surface area contributed by atoms with E-state index in [-0.39, 0.29) is 19.3 Å². The molecule has 3 nitrogen and oxygen atoms in total. The van der Waals surface area contributed by atoms with Crippen molar-refractivity contribution < 1.29 is 10.2 Å². The van der Waals surface area contributed by atoms with E-state index in [0.717, 1.165) is 22.3 Å². The fraction of sp³-hybridized carbons (Fsp3) is 0.250. The second-order valence-corrected chi connectivity index (χ2v) is 4.60. The lowest BCUT2D eigenvalue weighted by atomic mass is 9.97. The Balaban J connectivity index is 2.31. The first kappa shape index (κ1) is 13.7. The number of aliphatic hydroxyl groups is 2.